The van der Waals surface area contributed by atoms with Crippen LogP contribution in [0.1, 0.15) is 17.2 Å². The molecule has 4 aromatic rings. The van der Waals surface area contributed by atoms with E-state index in [1.165, 1.54) is 12.1 Å². The summed E-state index contributed by atoms with van der Waals surface area (Å²) in [6.07, 6.45) is 0.658. The summed E-state index contributed by atoms with van der Waals surface area (Å²) < 4.78 is 13.1. The molecule has 0 fully saturated rings. The quantitative estimate of drug-likeness (QED) is 0.453. The Hall–Kier alpha value is -3.44. The van der Waals surface area contributed by atoms with Crippen molar-refractivity contribution in [3.8, 4) is 0 Å². The van der Waals surface area contributed by atoms with E-state index in [9.17, 15) is 4.39 Å². The maximum Gasteiger partial charge on any atom is 0.133 e. The van der Waals surface area contributed by atoms with E-state index >= 15 is 0 Å². The Balaban J connectivity index is 1.51. The summed E-state index contributed by atoms with van der Waals surface area (Å²) in [6, 6.07) is 24.6. The van der Waals surface area contributed by atoms with Crippen LogP contribution < -0.4 is 16.0 Å². The Bertz CT molecular complexity index is 1140. The highest BCUT2D eigenvalue weighted by molar-refractivity contribution is 5.93. The van der Waals surface area contributed by atoms with Gasteiger partial charge >= 0.3 is 0 Å². The van der Waals surface area contributed by atoms with Gasteiger partial charge in [-0.15, -0.1) is 0 Å². The second kappa shape index (κ2) is 8.51. The summed E-state index contributed by atoms with van der Waals surface area (Å²) >= 11 is 0. The molecule has 0 spiro atoms. The summed E-state index contributed by atoms with van der Waals surface area (Å²) in [5.41, 5.74) is 11.4. The first-order chi connectivity index (χ1) is 14.5. The number of pyridine rings is 1. The van der Waals surface area contributed by atoms with Crippen LogP contribution in [0.15, 0.2) is 78.9 Å². The van der Waals surface area contributed by atoms with E-state index < -0.39 is 0 Å². The van der Waals surface area contributed by atoms with Gasteiger partial charge in [-0.2, -0.15) is 0 Å². The van der Waals surface area contributed by atoms with Gasteiger partial charge in [0.25, 0.3) is 0 Å². The molecule has 1 aromatic heterocycles. The van der Waals surface area contributed by atoms with Crippen molar-refractivity contribution in [2.75, 3.05) is 24.3 Å². The first kappa shape index (κ1) is 19.9. The number of fused-ring (bicyclic) bond motifs is 1. The fourth-order valence-electron chi connectivity index (χ4n) is 3.54. The summed E-state index contributed by atoms with van der Waals surface area (Å²) in [6.45, 7) is 0. The number of anilines is 3. The fourth-order valence-corrected chi connectivity index (χ4v) is 3.54. The van der Waals surface area contributed by atoms with Crippen LogP contribution in [0.3, 0.4) is 0 Å². The van der Waals surface area contributed by atoms with Gasteiger partial charge in [0.1, 0.15) is 11.6 Å². The molecule has 0 saturated carbocycles. The van der Waals surface area contributed by atoms with Gasteiger partial charge in [-0.05, 0) is 47.9 Å². The average Bonchev–Trinajstić information content (AvgIpc) is 2.75. The summed E-state index contributed by atoms with van der Waals surface area (Å²) in [5, 5.41) is 4.51. The van der Waals surface area contributed by atoms with Crippen LogP contribution >= 0.6 is 0 Å². The lowest BCUT2D eigenvalue weighted by Crippen LogP contribution is -2.13. The van der Waals surface area contributed by atoms with E-state index in [1.54, 1.807) is 12.1 Å². The number of benzene rings is 3. The first-order valence-electron chi connectivity index (χ1n) is 9.94. The zero-order valence-electron chi connectivity index (χ0n) is 17.1. The standard InChI is InChI=1S/C25H25FN4/c1-30(2)24-16-25(29-23-6-4-3-5-21(23)24)28-20-13-9-18(10-14-20)22(27)15-17-7-11-19(26)12-8-17/h3-14,16,22H,15,27H2,1-2H3,(H,28,29). The fraction of sp³-hybridized carbons (Fsp3) is 0.160. The molecule has 1 unspecified atom stereocenters. The number of nitrogens with one attached hydrogen (secondary N) is 1. The molecule has 0 aliphatic carbocycles. The van der Waals surface area contributed by atoms with Crippen LogP contribution in [0, 0.1) is 5.82 Å². The highest BCUT2D eigenvalue weighted by Gasteiger charge is 2.10. The van der Waals surface area contributed by atoms with Crippen molar-refractivity contribution in [2.24, 2.45) is 5.73 Å². The van der Waals surface area contributed by atoms with Gasteiger partial charge in [-0.1, -0.05) is 42.5 Å². The van der Waals surface area contributed by atoms with Gasteiger partial charge in [-0.25, -0.2) is 9.37 Å². The first-order valence-corrected chi connectivity index (χ1v) is 9.94. The molecule has 3 aromatic carbocycles. The Morgan fingerprint density at radius 1 is 0.967 bits per heavy atom. The molecule has 0 amide bonds. The maximum atomic E-state index is 13.1. The van der Waals surface area contributed by atoms with E-state index in [0.29, 0.717) is 6.42 Å². The van der Waals surface area contributed by atoms with E-state index in [2.05, 4.69) is 22.3 Å². The molecule has 4 rings (SSSR count). The second-order valence-electron chi connectivity index (χ2n) is 7.62. The van der Waals surface area contributed by atoms with Crippen molar-refractivity contribution in [3.63, 3.8) is 0 Å². The molecule has 0 radical (unpaired) electrons. The van der Waals surface area contributed by atoms with Crippen molar-refractivity contribution in [2.45, 2.75) is 12.5 Å². The van der Waals surface area contributed by atoms with Crippen molar-refractivity contribution in [1.82, 2.24) is 4.98 Å². The molecule has 1 atom stereocenters. The lowest BCUT2D eigenvalue weighted by atomic mass is 9.99. The highest BCUT2D eigenvalue weighted by atomic mass is 19.1. The predicted molar refractivity (Wildman–Crippen MR) is 123 cm³/mol. The topological polar surface area (TPSA) is 54.2 Å². The molecule has 5 heteroatoms. The highest BCUT2D eigenvalue weighted by Crippen LogP contribution is 2.29. The molecule has 0 bridgehead atoms. The van der Waals surface area contributed by atoms with Crippen LogP contribution in [0.4, 0.5) is 21.6 Å². The molecular formula is C25H25FN4. The summed E-state index contributed by atoms with van der Waals surface area (Å²) in [4.78, 5) is 6.83. The van der Waals surface area contributed by atoms with Crippen LogP contribution in [-0.4, -0.2) is 19.1 Å². The Labute approximate surface area is 176 Å². The number of nitrogens with two attached hydrogens (primary N) is 1. The van der Waals surface area contributed by atoms with Crippen molar-refractivity contribution in [3.05, 3.63) is 95.8 Å². The Kier molecular flexibility index (Phi) is 5.63. The van der Waals surface area contributed by atoms with Gasteiger partial charge in [-0.3, -0.25) is 0 Å². The second-order valence-corrected chi connectivity index (χ2v) is 7.62. The number of hydrogen-bond acceptors (Lipinski definition) is 4. The van der Waals surface area contributed by atoms with Crippen LogP contribution in [0.2, 0.25) is 0 Å². The zero-order chi connectivity index (χ0) is 21.1. The number of nitrogens with zero attached hydrogens (tertiary/aromatic N) is 2. The average molecular weight is 401 g/mol. The van der Waals surface area contributed by atoms with Gasteiger partial charge < -0.3 is 16.0 Å². The maximum absolute atomic E-state index is 13.1. The van der Waals surface area contributed by atoms with Crippen LogP contribution in [0.5, 0.6) is 0 Å². The lowest BCUT2D eigenvalue weighted by molar-refractivity contribution is 0.625. The number of para-hydroxylation sites is 1. The van der Waals surface area contributed by atoms with Gasteiger partial charge in [0.15, 0.2) is 0 Å². The molecular weight excluding hydrogens is 375 g/mol. The van der Waals surface area contributed by atoms with Crippen molar-refractivity contribution >= 4 is 28.1 Å². The van der Waals surface area contributed by atoms with E-state index in [1.807, 2.05) is 56.6 Å². The molecule has 1 heterocycles. The van der Waals surface area contributed by atoms with Crippen molar-refractivity contribution in [1.29, 1.82) is 0 Å². The third-order valence-electron chi connectivity index (χ3n) is 5.16. The Morgan fingerprint density at radius 3 is 2.37 bits per heavy atom. The Morgan fingerprint density at radius 2 is 1.67 bits per heavy atom. The smallest absolute Gasteiger partial charge is 0.133 e. The minimum Gasteiger partial charge on any atom is -0.377 e. The SMILES string of the molecule is CN(C)c1cc(Nc2ccc(C(N)Cc3ccc(F)cc3)cc2)nc2ccccc12. The van der Waals surface area contributed by atoms with Crippen LogP contribution in [-0.2, 0) is 6.42 Å². The van der Waals surface area contributed by atoms with Gasteiger partial charge in [0, 0.05) is 43.0 Å². The normalized spacial score (nSPS) is 12.0. The molecule has 0 saturated heterocycles. The molecule has 30 heavy (non-hydrogen) atoms. The van der Waals surface area contributed by atoms with E-state index in [-0.39, 0.29) is 11.9 Å². The number of halogens is 1. The summed E-state index contributed by atoms with van der Waals surface area (Å²) in [5.74, 6) is 0.559. The number of hydrogen-bond donors (Lipinski definition) is 2. The largest absolute Gasteiger partial charge is 0.377 e. The number of aromatic nitrogens is 1. The van der Waals surface area contributed by atoms with Gasteiger partial charge in [0.05, 0.1) is 5.52 Å². The molecule has 152 valence electrons. The van der Waals surface area contributed by atoms with Crippen LogP contribution in [0.25, 0.3) is 10.9 Å². The predicted octanol–water partition coefficient (Wildman–Crippen LogP) is 5.43. The minimum absolute atomic E-state index is 0.149. The summed E-state index contributed by atoms with van der Waals surface area (Å²) in [7, 11) is 4.06. The zero-order valence-corrected chi connectivity index (χ0v) is 17.1. The van der Waals surface area contributed by atoms with Crippen molar-refractivity contribution < 1.29 is 4.39 Å². The number of rotatable bonds is 6. The molecule has 0 aliphatic rings. The van der Waals surface area contributed by atoms with Gasteiger partial charge in [0.2, 0.25) is 0 Å². The van der Waals surface area contributed by atoms with E-state index in [0.717, 1.165) is 39.2 Å². The molecule has 3 N–H and O–H groups in total. The third kappa shape index (κ3) is 4.42. The monoisotopic (exact) mass is 400 g/mol. The third-order valence-corrected chi connectivity index (χ3v) is 5.16. The van der Waals surface area contributed by atoms with E-state index in [4.69, 9.17) is 10.7 Å². The lowest BCUT2D eigenvalue weighted by Gasteiger charge is -2.18. The minimum atomic E-state index is -0.234. The molecule has 0 aliphatic heterocycles. The molecule has 4 nitrogen and oxygen atoms in total.